The van der Waals surface area contributed by atoms with Crippen LogP contribution < -0.4 is 0 Å². The first kappa shape index (κ1) is 15.8. The molecule has 1 saturated heterocycles. The third kappa shape index (κ3) is 3.36. The van der Waals surface area contributed by atoms with E-state index in [0.29, 0.717) is 12.0 Å². The van der Waals surface area contributed by atoms with Gasteiger partial charge in [-0.3, -0.25) is 4.79 Å². The third-order valence-electron chi connectivity index (χ3n) is 5.93. The maximum Gasteiger partial charge on any atom is 0.309 e. The van der Waals surface area contributed by atoms with E-state index in [1.807, 2.05) is 13.8 Å². The minimum atomic E-state index is -0.644. The summed E-state index contributed by atoms with van der Waals surface area (Å²) < 4.78 is 0. The molecule has 116 valence electrons. The van der Waals surface area contributed by atoms with Crippen molar-refractivity contribution in [2.24, 2.45) is 17.3 Å². The first-order chi connectivity index (χ1) is 9.43. The molecule has 3 nitrogen and oxygen atoms in total. The number of rotatable bonds is 4. The number of carboxylic acids is 1. The van der Waals surface area contributed by atoms with Gasteiger partial charge in [-0.1, -0.05) is 19.3 Å². The van der Waals surface area contributed by atoms with Gasteiger partial charge in [0.05, 0.1) is 5.41 Å². The monoisotopic (exact) mass is 281 g/mol. The Hall–Kier alpha value is -0.570. The molecule has 2 atom stereocenters. The molecule has 0 aromatic carbocycles. The van der Waals surface area contributed by atoms with Gasteiger partial charge in [0, 0.05) is 12.6 Å². The summed E-state index contributed by atoms with van der Waals surface area (Å²) in [6, 6.07) is 0.627. The van der Waals surface area contributed by atoms with E-state index in [4.69, 9.17) is 0 Å². The number of piperidine rings is 1. The Morgan fingerprint density at radius 3 is 2.40 bits per heavy atom. The molecule has 1 aliphatic carbocycles. The topological polar surface area (TPSA) is 40.5 Å². The summed E-state index contributed by atoms with van der Waals surface area (Å²) in [6.07, 6.45) is 9.11. The van der Waals surface area contributed by atoms with Crippen LogP contribution in [0, 0.1) is 17.3 Å². The van der Waals surface area contributed by atoms with Crippen molar-refractivity contribution >= 4 is 5.97 Å². The second-order valence-corrected chi connectivity index (χ2v) is 7.50. The molecule has 1 N–H and O–H groups in total. The number of carbonyl (C=O) groups is 1. The number of aliphatic carboxylic acids is 1. The van der Waals surface area contributed by atoms with Gasteiger partial charge < -0.3 is 10.0 Å². The zero-order valence-corrected chi connectivity index (χ0v) is 13.4. The van der Waals surface area contributed by atoms with Crippen molar-refractivity contribution in [1.29, 1.82) is 0 Å². The van der Waals surface area contributed by atoms with E-state index in [2.05, 4.69) is 11.8 Å². The second-order valence-electron chi connectivity index (χ2n) is 7.50. The Labute approximate surface area is 123 Å². The highest BCUT2D eigenvalue weighted by atomic mass is 16.4. The molecule has 2 aliphatic rings. The molecular formula is C17H31NO2. The number of hydrogen-bond donors (Lipinski definition) is 1. The van der Waals surface area contributed by atoms with Gasteiger partial charge in [0.2, 0.25) is 0 Å². The average Bonchev–Trinajstić information content (AvgIpc) is 2.47. The zero-order chi connectivity index (χ0) is 14.8. The van der Waals surface area contributed by atoms with Gasteiger partial charge in [0.1, 0.15) is 0 Å². The number of likely N-dealkylation sites (tertiary alicyclic amines) is 1. The van der Waals surface area contributed by atoms with Crippen LogP contribution in [-0.2, 0) is 4.79 Å². The summed E-state index contributed by atoms with van der Waals surface area (Å²) in [5.74, 6) is 0.477. The quantitative estimate of drug-likeness (QED) is 0.852. The molecule has 0 spiro atoms. The maximum absolute atomic E-state index is 11.5. The molecule has 2 unspecified atom stereocenters. The molecule has 2 rings (SSSR count). The lowest BCUT2D eigenvalue weighted by Gasteiger charge is -2.44. The lowest BCUT2D eigenvalue weighted by molar-refractivity contribution is -0.151. The second kappa shape index (κ2) is 6.46. The fraction of sp³-hybridized carbons (Fsp3) is 0.941. The van der Waals surface area contributed by atoms with Crippen LogP contribution in [0.5, 0.6) is 0 Å². The molecule has 2 fully saturated rings. The minimum Gasteiger partial charge on any atom is -0.481 e. The van der Waals surface area contributed by atoms with Crippen molar-refractivity contribution in [3.8, 4) is 0 Å². The summed E-state index contributed by atoms with van der Waals surface area (Å²) >= 11 is 0. The van der Waals surface area contributed by atoms with E-state index in [1.165, 1.54) is 32.1 Å². The Kier molecular flexibility index (Phi) is 5.11. The zero-order valence-electron chi connectivity index (χ0n) is 13.4. The van der Waals surface area contributed by atoms with Gasteiger partial charge in [0.25, 0.3) is 0 Å². The highest BCUT2D eigenvalue weighted by molar-refractivity contribution is 5.74. The molecule has 0 aromatic rings. The van der Waals surface area contributed by atoms with Gasteiger partial charge in [-0.25, -0.2) is 0 Å². The van der Waals surface area contributed by atoms with Crippen molar-refractivity contribution in [3.63, 3.8) is 0 Å². The molecular weight excluding hydrogens is 250 g/mol. The predicted octanol–water partition coefficient (Wildman–Crippen LogP) is 3.78. The van der Waals surface area contributed by atoms with Crippen LogP contribution in [0.1, 0.15) is 65.7 Å². The maximum atomic E-state index is 11.5. The molecule has 0 amide bonds. The van der Waals surface area contributed by atoms with Crippen LogP contribution in [0.3, 0.4) is 0 Å². The molecule has 0 bridgehead atoms. The first-order valence-corrected chi connectivity index (χ1v) is 8.40. The molecule has 0 radical (unpaired) electrons. The number of carboxylic acid groups (broad SMARTS) is 1. The van der Waals surface area contributed by atoms with Crippen molar-refractivity contribution in [1.82, 2.24) is 4.90 Å². The molecule has 0 aromatic heterocycles. The van der Waals surface area contributed by atoms with Crippen LogP contribution in [0.25, 0.3) is 0 Å². The van der Waals surface area contributed by atoms with Crippen molar-refractivity contribution in [3.05, 3.63) is 0 Å². The molecule has 1 heterocycles. The molecule has 1 saturated carbocycles. The number of nitrogens with zero attached hydrogens (tertiary/aromatic N) is 1. The van der Waals surface area contributed by atoms with Gasteiger partial charge >= 0.3 is 5.97 Å². The van der Waals surface area contributed by atoms with Crippen LogP contribution in [0.2, 0.25) is 0 Å². The van der Waals surface area contributed by atoms with Crippen LogP contribution >= 0.6 is 0 Å². The fourth-order valence-corrected chi connectivity index (χ4v) is 4.05. The smallest absolute Gasteiger partial charge is 0.309 e. The normalized spacial score (nSPS) is 28.2. The Balaban J connectivity index is 1.97. The Morgan fingerprint density at radius 2 is 1.80 bits per heavy atom. The van der Waals surface area contributed by atoms with Crippen molar-refractivity contribution in [2.75, 3.05) is 13.1 Å². The van der Waals surface area contributed by atoms with Crippen LogP contribution in [0.15, 0.2) is 0 Å². The summed E-state index contributed by atoms with van der Waals surface area (Å²) in [4.78, 5) is 14.1. The minimum absolute atomic E-state index is 0.291. The summed E-state index contributed by atoms with van der Waals surface area (Å²) in [7, 11) is 0. The van der Waals surface area contributed by atoms with E-state index < -0.39 is 11.4 Å². The van der Waals surface area contributed by atoms with Gasteiger partial charge in [-0.15, -0.1) is 0 Å². The van der Waals surface area contributed by atoms with E-state index in [1.54, 1.807) is 0 Å². The van der Waals surface area contributed by atoms with Crippen LogP contribution in [-0.4, -0.2) is 35.1 Å². The lowest BCUT2D eigenvalue weighted by atomic mass is 9.73. The van der Waals surface area contributed by atoms with Crippen molar-refractivity contribution < 1.29 is 9.90 Å². The summed E-state index contributed by atoms with van der Waals surface area (Å²) in [5, 5.41) is 9.45. The van der Waals surface area contributed by atoms with Crippen LogP contribution in [0.4, 0.5) is 0 Å². The largest absolute Gasteiger partial charge is 0.481 e. The molecule has 3 heteroatoms. The highest BCUT2D eigenvalue weighted by Crippen LogP contribution is 2.37. The lowest BCUT2D eigenvalue weighted by Crippen LogP contribution is -2.49. The van der Waals surface area contributed by atoms with E-state index in [9.17, 15) is 9.90 Å². The standard InChI is InChI=1S/C17H31NO2/c1-13(14-8-5-4-6-9-14)18-11-7-10-15(12-18)17(2,3)16(19)20/h13-15H,4-12H2,1-3H3,(H,19,20). The van der Waals surface area contributed by atoms with Gasteiger partial charge in [0.15, 0.2) is 0 Å². The van der Waals surface area contributed by atoms with Gasteiger partial charge in [-0.2, -0.15) is 0 Å². The van der Waals surface area contributed by atoms with E-state index >= 15 is 0 Å². The summed E-state index contributed by atoms with van der Waals surface area (Å²) in [6.45, 7) is 8.29. The third-order valence-corrected chi connectivity index (χ3v) is 5.93. The van der Waals surface area contributed by atoms with Gasteiger partial charge in [-0.05, 0) is 64.8 Å². The Morgan fingerprint density at radius 1 is 1.15 bits per heavy atom. The van der Waals surface area contributed by atoms with Crippen molar-refractivity contribution in [2.45, 2.75) is 71.8 Å². The number of hydrogen-bond acceptors (Lipinski definition) is 2. The highest BCUT2D eigenvalue weighted by Gasteiger charge is 2.40. The average molecular weight is 281 g/mol. The first-order valence-electron chi connectivity index (χ1n) is 8.40. The predicted molar refractivity (Wildman–Crippen MR) is 81.8 cm³/mol. The molecule has 20 heavy (non-hydrogen) atoms. The van der Waals surface area contributed by atoms with E-state index in [0.717, 1.165) is 31.8 Å². The summed E-state index contributed by atoms with van der Waals surface area (Å²) in [5.41, 5.74) is -0.592. The SMILES string of the molecule is CC(C1CCCCC1)N1CCCC(C(C)(C)C(=O)O)C1. The fourth-order valence-electron chi connectivity index (χ4n) is 4.05. The molecule has 1 aliphatic heterocycles. The van der Waals surface area contributed by atoms with E-state index in [-0.39, 0.29) is 0 Å². The Bertz CT molecular complexity index is 334.